The van der Waals surface area contributed by atoms with Crippen LogP contribution in [-0.4, -0.2) is 6.54 Å². The van der Waals surface area contributed by atoms with Gasteiger partial charge in [-0.05, 0) is 18.6 Å². The Morgan fingerprint density at radius 1 is 1.20 bits per heavy atom. The maximum Gasteiger partial charge on any atom is 0.0720 e. The fourth-order valence-corrected chi connectivity index (χ4v) is 2.04. The summed E-state index contributed by atoms with van der Waals surface area (Å²) >= 11 is 17.7. The van der Waals surface area contributed by atoms with Gasteiger partial charge in [0, 0.05) is 18.0 Å². The molecule has 1 rings (SSSR count). The van der Waals surface area contributed by atoms with E-state index in [1.807, 2.05) is 0 Å². The van der Waals surface area contributed by atoms with Crippen molar-refractivity contribution in [3.05, 3.63) is 27.2 Å². The topological polar surface area (TPSA) is 35.8 Å². The lowest BCUT2D eigenvalue weighted by molar-refractivity contribution is 0.898. The van der Waals surface area contributed by atoms with Crippen LogP contribution in [0.4, 0.5) is 5.69 Å². The molecule has 0 unspecified atom stereocenters. The predicted octanol–water partition coefficient (Wildman–Crippen LogP) is 4.36. The molecule has 0 radical (unpaired) electrons. The van der Waals surface area contributed by atoms with Gasteiger partial charge in [-0.25, -0.2) is 0 Å². The fraction of sp³-hybridized carbons (Fsp3) is 0.300. The molecular formula is C10H9Cl3N2. The van der Waals surface area contributed by atoms with Gasteiger partial charge in [0.2, 0.25) is 0 Å². The summed E-state index contributed by atoms with van der Waals surface area (Å²) < 4.78 is 0. The van der Waals surface area contributed by atoms with E-state index in [2.05, 4.69) is 11.4 Å². The van der Waals surface area contributed by atoms with Crippen molar-refractivity contribution in [3.63, 3.8) is 0 Å². The highest BCUT2D eigenvalue weighted by molar-refractivity contribution is 6.41. The summed E-state index contributed by atoms with van der Waals surface area (Å²) in [5.41, 5.74) is 0.667. The van der Waals surface area contributed by atoms with Gasteiger partial charge in [0.25, 0.3) is 0 Å². The minimum absolute atomic E-state index is 0.490. The minimum atomic E-state index is 0.490. The predicted molar refractivity (Wildman–Crippen MR) is 64.8 cm³/mol. The van der Waals surface area contributed by atoms with Gasteiger partial charge in [0.15, 0.2) is 0 Å². The van der Waals surface area contributed by atoms with Gasteiger partial charge in [0.1, 0.15) is 0 Å². The minimum Gasteiger partial charge on any atom is -0.383 e. The lowest BCUT2D eigenvalue weighted by atomic mass is 10.3. The number of unbranched alkanes of at least 4 members (excludes halogenated alkanes) is 1. The molecule has 0 saturated heterocycles. The molecule has 80 valence electrons. The molecule has 0 aromatic heterocycles. The highest BCUT2D eigenvalue weighted by Crippen LogP contribution is 2.33. The average Bonchev–Trinajstić information content (AvgIpc) is 2.15. The monoisotopic (exact) mass is 262 g/mol. The van der Waals surface area contributed by atoms with Crippen molar-refractivity contribution in [2.45, 2.75) is 12.8 Å². The van der Waals surface area contributed by atoms with E-state index in [0.717, 1.165) is 6.42 Å². The van der Waals surface area contributed by atoms with Crippen LogP contribution in [0.2, 0.25) is 15.1 Å². The zero-order valence-electron chi connectivity index (χ0n) is 7.86. The van der Waals surface area contributed by atoms with E-state index in [1.165, 1.54) is 0 Å². The normalized spacial score (nSPS) is 9.73. The highest BCUT2D eigenvalue weighted by atomic mass is 35.5. The highest BCUT2D eigenvalue weighted by Gasteiger charge is 2.06. The van der Waals surface area contributed by atoms with Crippen LogP contribution in [-0.2, 0) is 0 Å². The molecule has 0 atom stereocenters. The molecule has 0 aliphatic carbocycles. The second-order valence-electron chi connectivity index (χ2n) is 2.93. The van der Waals surface area contributed by atoms with Gasteiger partial charge in [-0.3, -0.25) is 0 Å². The van der Waals surface area contributed by atoms with E-state index in [9.17, 15) is 0 Å². The van der Waals surface area contributed by atoms with Gasteiger partial charge in [-0.15, -0.1) is 0 Å². The first-order valence-electron chi connectivity index (χ1n) is 4.40. The molecule has 2 nitrogen and oxygen atoms in total. The van der Waals surface area contributed by atoms with Gasteiger partial charge in [-0.2, -0.15) is 5.26 Å². The number of anilines is 1. The van der Waals surface area contributed by atoms with Crippen LogP contribution in [0, 0.1) is 11.3 Å². The van der Waals surface area contributed by atoms with Crippen LogP contribution >= 0.6 is 34.8 Å². The summed E-state index contributed by atoms with van der Waals surface area (Å²) in [7, 11) is 0. The van der Waals surface area contributed by atoms with Gasteiger partial charge in [-0.1, -0.05) is 34.8 Å². The van der Waals surface area contributed by atoms with Crippen molar-refractivity contribution in [1.82, 2.24) is 0 Å². The Bertz CT molecular complexity index is 362. The standard InChI is InChI=1S/C10H9Cl3N2/c11-7-5-8(12)10(9(13)6-7)15-4-2-1-3-14/h5-6,15H,1-2,4H2. The maximum absolute atomic E-state index is 8.36. The molecule has 1 aromatic carbocycles. The molecule has 0 aliphatic rings. The van der Waals surface area contributed by atoms with Gasteiger partial charge in [0.05, 0.1) is 21.8 Å². The van der Waals surface area contributed by atoms with Crippen molar-refractivity contribution < 1.29 is 0 Å². The Balaban J connectivity index is 2.65. The first-order valence-corrected chi connectivity index (χ1v) is 5.54. The molecule has 0 amide bonds. The van der Waals surface area contributed by atoms with Crippen LogP contribution in [0.25, 0.3) is 0 Å². The first kappa shape index (κ1) is 12.4. The molecule has 0 heterocycles. The van der Waals surface area contributed by atoms with E-state index < -0.39 is 0 Å². The molecule has 15 heavy (non-hydrogen) atoms. The van der Waals surface area contributed by atoms with Crippen molar-refractivity contribution in [2.75, 3.05) is 11.9 Å². The Morgan fingerprint density at radius 2 is 1.80 bits per heavy atom. The van der Waals surface area contributed by atoms with Gasteiger partial charge >= 0.3 is 0 Å². The van der Waals surface area contributed by atoms with Crippen molar-refractivity contribution in [2.24, 2.45) is 0 Å². The quantitative estimate of drug-likeness (QED) is 0.819. The van der Waals surface area contributed by atoms with E-state index in [4.69, 9.17) is 40.1 Å². The number of hydrogen-bond acceptors (Lipinski definition) is 2. The van der Waals surface area contributed by atoms with Crippen molar-refractivity contribution in [3.8, 4) is 6.07 Å². The zero-order chi connectivity index (χ0) is 11.3. The molecular weight excluding hydrogens is 254 g/mol. The van der Waals surface area contributed by atoms with Crippen LogP contribution < -0.4 is 5.32 Å². The zero-order valence-corrected chi connectivity index (χ0v) is 10.1. The lowest BCUT2D eigenvalue weighted by Crippen LogP contribution is -2.02. The Labute approximate surface area is 104 Å². The Kier molecular flexibility index (Phi) is 5.04. The van der Waals surface area contributed by atoms with Crippen LogP contribution in [0.1, 0.15) is 12.8 Å². The van der Waals surface area contributed by atoms with Gasteiger partial charge < -0.3 is 5.32 Å². The van der Waals surface area contributed by atoms with E-state index in [1.54, 1.807) is 12.1 Å². The molecule has 1 aromatic rings. The number of halogens is 3. The molecule has 5 heteroatoms. The summed E-state index contributed by atoms with van der Waals surface area (Å²) in [6, 6.07) is 5.32. The van der Waals surface area contributed by atoms with Crippen LogP contribution in [0.15, 0.2) is 12.1 Å². The number of benzene rings is 1. The van der Waals surface area contributed by atoms with E-state index >= 15 is 0 Å². The second kappa shape index (κ2) is 6.07. The molecule has 0 bridgehead atoms. The molecule has 0 fully saturated rings. The largest absolute Gasteiger partial charge is 0.383 e. The number of hydrogen-bond donors (Lipinski definition) is 1. The molecule has 0 saturated carbocycles. The van der Waals surface area contributed by atoms with Crippen LogP contribution in [0.5, 0.6) is 0 Å². The summed E-state index contributed by atoms with van der Waals surface area (Å²) in [5, 5.41) is 12.9. The summed E-state index contributed by atoms with van der Waals surface area (Å²) in [6.07, 6.45) is 1.27. The molecule has 0 aliphatic heterocycles. The SMILES string of the molecule is N#CCCCNc1c(Cl)cc(Cl)cc1Cl. The third kappa shape index (κ3) is 3.79. The summed E-state index contributed by atoms with van der Waals surface area (Å²) in [4.78, 5) is 0. The first-order chi connectivity index (χ1) is 7.15. The average molecular weight is 264 g/mol. The third-order valence-corrected chi connectivity index (χ3v) is 2.59. The Hall–Kier alpha value is -0.620. The number of nitrogens with one attached hydrogen (secondary N) is 1. The van der Waals surface area contributed by atoms with Crippen molar-refractivity contribution >= 4 is 40.5 Å². The third-order valence-electron chi connectivity index (χ3n) is 1.77. The molecule has 1 N–H and O–H groups in total. The maximum atomic E-state index is 8.36. The fourth-order valence-electron chi connectivity index (χ4n) is 1.09. The number of rotatable bonds is 4. The molecule has 0 spiro atoms. The summed E-state index contributed by atoms with van der Waals surface area (Å²) in [6.45, 7) is 0.661. The second-order valence-corrected chi connectivity index (χ2v) is 4.18. The van der Waals surface area contributed by atoms with E-state index in [-0.39, 0.29) is 0 Å². The summed E-state index contributed by atoms with van der Waals surface area (Å²) in [5.74, 6) is 0. The van der Waals surface area contributed by atoms with Crippen LogP contribution in [0.3, 0.4) is 0 Å². The van der Waals surface area contributed by atoms with Crippen molar-refractivity contribution in [1.29, 1.82) is 5.26 Å². The lowest BCUT2D eigenvalue weighted by Gasteiger charge is -2.09. The Morgan fingerprint density at radius 3 is 2.33 bits per heavy atom. The smallest absolute Gasteiger partial charge is 0.0720 e. The number of nitriles is 1. The number of nitrogens with zero attached hydrogens (tertiary/aromatic N) is 1. The van der Waals surface area contributed by atoms with E-state index in [0.29, 0.717) is 33.7 Å².